The number of hydrogen-bond acceptors (Lipinski definition) is 5. The maximum absolute atomic E-state index is 13.3. The Hall–Kier alpha value is -3.82. The van der Waals surface area contributed by atoms with E-state index in [0.29, 0.717) is 22.2 Å². The van der Waals surface area contributed by atoms with Crippen LogP contribution in [0.3, 0.4) is 0 Å². The molecule has 0 fully saturated rings. The summed E-state index contributed by atoms with van der Waals surface area (Å²) in [4.78, 5) is 15.5. The highest BCUT2D eigenvalue weighted by Crippen LogP contribution is 2.38. The minimum atomic E-state index is -3.90. The number of carbonyl (C=O) groups excluding carboxylic acids is 1. The Labute approximate surface area is 216 Å². The summed E-state index contributed by atoms with van der Waals surface area (Å²) in [6, 6.07) is 21.2. The van der Waals surface area contributed by atoms with Crippen molar-refractivity contribution in [2.45, 2.75) is 44.1 Å². The molecule has 0 aliphatic heterocycles. The first-order valence-corrected chi connectivity index (χ1v) is 13.4. The fraction of sp³-hybridized carbons (Fsp3) is 0.250. The SMILES string of the molecule is CC(O)CNC(=O)Oc1[nH]c2ccc(S(=O)(=O)Nc3ccc(C(C)(C)C)cc3)cc2c1-c1ccccc1. The molecule has 4 rings (SSSR count). The standard InChI is InChI=1S/C28H31N3O5S/c1-18(32)17-29-27(33)36-26-25(19-8-6-5-7-9-19)23-16-22(14-15-24(23)30-26)37(34,35)31-21-12-10-20(11-13-21)28(2,3)4/h5-16,18,30-32H,17H2,1-4H3,(H,29,33). The maximum atomic E-state index is 13.3. The lowest BCUT2D eigenvalue weighted by molar-refractivity contribution is 0.171. The summed E-state index contributed by atoms with van der Waals surface area (Å²) in [5.74, 6) is 0.171. The average molecular weight is 522 g/mol. The van der Waals surface area contributed by atoms with Gasteiger partial charge in [-0.3, -0.25) is 4.72 Å². The van der Waals surface area contributed by atoms with Crippen LogP contribution in [0.4, 0.5) is 10.5 Å². The average Bonchev–Trinajstić information content (AvgIpc) is 3.19. The van der Waals surface area contributed by atoms with E-state index in [4.69, 9.17) is 4.74 Å². The van der Waals surface area contributed by atoms with Crippen molar-refractivity contribution in [3.8, 4) is 17.0 Å². The van der Waals surface area contributed by atoms with Crippen molar-refractivity contribution in [2.75, 3.05) is 11.3 Å². The summed E-state index contributed by atoms with van der Waals surface area (Å²) < 4.78 is 34.7. The van der Waals surface area contributed by atoms with Crippen LogP contribution >= 0.6 is 0 Å². The van der Waals surface area contributed by atoms with Gasteiger partial charge in [0.05, 0.1) is 16.6 Å². The van der Waals surface area contributed by atoms with Crippen LogP contribution in [0, 0.1) is 0 Å². The van der Waals surface area contributed by atoms with Gasteiger partial charge in [0.1, 0.15) is 0 Å². The molecule has 8 nitrogen and oxygen atoms in total. The largest absolute Gasteiger partial charge is 0.413 e. The number of carbonyl (C=O) groups is 1. The van der Waals surface area contributed by atoms with Crippen LogP contribution in [0.15, 0.2) is 77.7 Å². The number of fused-ring (bicyclic) bond motifs is 1. The van der Waals surface area contributed by atoms with E-state index < -0.39 is 22.2 Å². The second-order valence-corrected chi connectivity index (χ2v) is 11.6. The van der Waals surface area contributed by atoms with E-state index in [1.54, 1.807) is 31.2 Å². The quantitative estimate of drug-likeness (QED) is 0.259. The molecule has 0 radical (unpaired) electrons. The van der Waals surface area contributed by atoms with Gasteiger partial charge in [-0.05, 0) is 53.8 Å². The molecule has 9 heteroatoms. The predicted molar refractivity (Wildman–Crippen MR) is 145 cm³/mol. The van der Waals surface area contributed by atoms with Crippen LogP contribution in [0.1, 0.15) is 33.3 Å². The van der Waals surface area contributed by atoms with Crippen molar-refractivity contribution in [2.24, 2.45) is 0 Å². The van der Waals surface area contributed by atoms with E-state index in [0.717, 1.165) is 11.1 Å². The van der Waals surface area contributed by atoms with Gasteiger partial charge in [-0.1, -0.05) is 63.2 Å². The molecule has 3 aromatic carbocycles. The van der Waals surface area contributed by atoms with Crippen LogP contribution in [0.2, 0.25) is 0 Å². The van der Waals surface area contributed by atoms with Crippen LogP contribution in [-0.4, -0.2) is 37.3 Å². The highest BCUT2D eigenvalue weighted by atomic mass is 32.2. The highest BCUT2D eigenvalue weighted by molar-refractivity contribution is 7.92. The summed E-state index contributed by atoms with van der Waals surface area (Å²) in [6.45, 7) is 7.87. The van der Waals surface area contributed by atoms with Gasteiger partial charge >= 0.3 is 6.09 Å². The van der Waals surface area contributed by atoms with E-state index in [1.165, 1.54) is 6.07 Å². The Bertz CT molecular complexity index is 1500. The van der Waals surface area contributed by atoms with E-state index in [1.807, 2.05) is 42.5 Å². The second kappa shape index (κ2) is 10.3. The fourth-order valence-corrected chi connectivity index (χ4v) is 4.98. The van der Waals surface area contributed by atoms with Gasteiger partial charge in [0.25, 0.3) is 10.0 Å². The zero-order valence-electron chi connectivity index (χ0n) is 21.2. The van der Waals surface area contributed by atoms with Gasteiger partial charge in [-0.2, -0.15) is 0 Å². The van der Waals surface area contributed by atoms with Crippen molar-refractivity contribution in [1.82, 2.24) is 10.3 Å². The summed E-state index contributed by atoms with van der Waals surface area (Å²) in [5, 5.41) is 12.5. The molecule has 4 N–H and O–H groups in total. The van der Waals surface area contributed by atoms with Crippen molar-refractivity contribution < 1.29 is 23.1 Å². The smallest absolute Gasteiger partial charge is 0.393 e. The molecule has 4 aromatic rings. The van der Waals surface area contributed by atoms with Crippen molar-refractivity contribution in [3.05, 3.63) is 78.4 Å². The number of hydrogen-bond donors (Lipinski definition) is 4. The Kier molecular flexibility index (Phi) is 7.29. The number of benzene rings is 3. The molecule has 0 bridgehead atoms. The number of aromatic amines is 1. The van der Waals surface area contributed by atoms with Crippen LogP contribution in [0.25, 0.3) is 22.0 Å². The van der Waals surface area contributed by atoms with Gasteiger partial charge in [0.2, 0.25) is 5.88 Å². The zero-order chi connectivity index (χ0) is 26.8. The Morgan fingerprint density at radius 3 is 2.32 bits per heavy atom. The van der Waals surface area contributed by atoms with Gasteiger partial charge in [-0.25, -0.2) is 13.2 Å². The van der Waals surface area contributed by atoms with E-state index in [-0.39, 0.29) is 22.7 Å². The lowest BCUT2D eigenvalue weighted by Gasteiger charge is -2.19. The number of amides is 1. The number of aliphatic hydroxyl groups is 1. The topological polar surface area (TPSA) is 121 Å². The molecule has 1 atom stereocenters. The first kappa shape index (κ1) is 26.2. The molecule has 1 amide bonds. The molecular weight excluding hydrogens is 490 g/mol. The minimum absolute atomic E-state index is 0.0323. The summed E-state index contributed by atoms with van der Waals surface area (Å²) >= 11 is 0. The number of rotatable bonds is 7. The normalized spacial score (nSPS) is 12.8. The highest BCUT2D eigenvalue weighted by Gasteiger charge is 2.22. The molecule has 0 saturated carbocycles. The van der Waals surface area contributed by atoms with Crippen molar-refractivity contribution >= 4 is 32.7 Å². The third kappa shape index (κ3) is 6.12. The summed E-state index contributed by atoms with van der Waals surface area (Å²) in [7, 11) is -3.90. The van der Waals surface area contributed by atoms with Crippen molar-refractivity contribution in [1.29, 1.82) is 0 Å². The van der Waals surface area contributed by atoms with Crippen LogP contribution in [-0.2, 0) is 15.4 Å². The lowest BCUT2D eigenvalue weighted by Crippen LogP contribution is -2.33. The number of sulfonamides is 1. The zero-order valence-corrected chi connectivity index (χ0v) is 22.0. The monoisotopic (exact) mass is 521 g/mol. The Morgan fingerprint density at radius 1 is 1.03 bits per heavy atom. The molecule has 0 aliphatic rings. The third-order valence-electron chi connectivity index (χ3n) is 5.85. The molecule has 1 aromatic heterocycles. The molecule has 194 valence electrons. The van der Waals surface area contributed by atoms with Gasteiger partial charge in [-0.15, -0.1) is 0 Å². The number of aromatic nitrogens is 1. The summed E-state index contributed by atoms with van der Waals surface area (Å²) in [6.07, 6.45) is -1.47. The van der Waals surface area contributed by atoms with E-state index >= 15 is 0 Å². The molecule has 37 heavy (non-hydrogen) atoms. The van der Waals surface area contributed by atoms with E-state index in [2.05, 4.69) is 35.8 Å². The van der Waals surface area contributed by atoms with E-state index in [9.17, 15) is 18.3 Å². The predicted octanol–water partition coefficient (Wildman–Crippen LogP) is 5.40. The Morgan fingerprint density at radius 2 is 1.70 bits per heavy atom. The molecule has 1 heterocycles. The fourth-order valence-electron chi connectivity index (χ4n) is 3.89. The number of anilines is 1. The molecule has 1 unspecified atom stereocenters. The first-order chi connectivity index (χ1) is 17.4. The van der Waals surface area contributed by atoms with Gasteiger partial charge in [0, 0.05) is 23.1 Å². The van der Waals surface area contributed by atoms with Gasteiger partial charge < -0.3 is 20.1 Å². The van der Waals surface area contributed by atoms with Gasteiger partial charge in [0.15, 0.2) is 0 Å². The molecule has 0 aliphatic carbocycles. The number of nitrogens with one attached hydrogen (secondary N) is 3. The maximum Gasteiger partial charge on any atom is 0.413 e. The van der Waals surface area contributed by atoms with Crippen molar-refractivity contribution in [3.63, 3.8) is 0 Å². The van der Waals surface area contributed by atoms with Crippen LogP contribution < -0.4 is 14.8 Å². The molecular formula is C28H31N3O5S. The second-order valence-electron chi connectivity index (χ2n) is 9.95. The van der Waals surface area contributed by atoms with Crippen LogP contribution in [0.5, 0.6) is 5.88 Å². The molecule has 0 spiro atoms. The number of aliphatic hydroxyl groups excluding tert-OH is 1. The lowest BCUT2D eigenvalue weighted by atomic mass is 9.87. The Balaban J connectivity index is 1.71. The summed E-state index contributed by atoms with van der Waals surface area (Å²) in [5.41, 5.74) is 3.41. The molecule has 0 saturated heterocycles. The first-order valence-electron chi connectivity index (χ1n) is 11.9. The minimum Gasteiger partial charge on any atom is -0.393 e. The number of H-pyrrole nitrogens is 1. The third-order valence-corrected chi connectivity index (χ3v) is 7.23. The number of ether oxygens (including phenoxy) is 1.